The van der Waals surface area contributed by atoms with Crippen molar-refractivity contribution < 1.29 is 4.79 Å². The minimum Gasteiger partial charge on any atom is -0.341 e. The molecule has 0 saturated carbocycles. The average molecular weight is 369 g/mol. The van der Waals surface area contributed by atoms with Crippen LogP contribution in [0, 0.1) is 13.8 Å². The van der Waals surface area contributed by atoms with Crippen LogP contribution in [-0.2, 0) is 17.8 Å². The predicted molar refractivity (Wildman–Crippen MR) is 103 cm³/mol. The highest BCUT2D eigenvalue weighted by atomic mass is 32.2. The van der Waals surface area contributed by atoms with E-state index in [-0.39, 0.29) is 5.91 Å². The molecule has 3 aromatic rings. The number of carbonyl (C=O) groups excluding carboxylic acids is 1. The van der Waals surface area contributed by atoms with Gasteiger partial charge in [0.1, 0.15) is 6.33 Å². The quantitative estimate of drug-likeness (QED) is 0.625. The van der Waals surface area contributed by atoms with Crippen LogP contribution in [0.4, 0.5) is 0 Å². The SMILES string of the molecule is CSc1ccc(CN(C)C(=O)CCc2c(C)nc3ncnn3c2C)cc1. The maximum atomic E-state index is 12.5. The lowest BCUT2D eigenvalue weighted by Crippen LogP contribution is -2.26. The maximum absolute atomic E-state index is 12.5. The summed E-state index contributed by atoms with van der Waals surface area (Å²) in [5.74, 6) is 0.720. The summed E-state index contributed by atoms with van der Waals surface area (Å²) in [4.78, 5) is 24.1. The number of aryl methyl sites for hydroxylation is 2. The van der Waals surface area contributed by atoms with Crippen LogP contribution in [0.2, 0.25) is 0 Å². The highest BCUT2D eigenvalue weighted by molar-refractivity contribution is 7.98. The Balaban J connectivity index is 1.64. The van der Waals surface area contributed by atoms with Crippen LogP contribution in [0.15, 0.2) is 35.5 Å². The van der Waals surface area contributed by atoms with Crippen molar-refractivity contribution in [3.8, 4) is 0 Å². The first kappa shape index (κ1) is 18.4. The van der Waals surface area contributed by atoms with Gasteiger partial charge in [-0.2, -0.15) is 10.1 Å². The van der Waals surface area contributed by atoms with Crippen molar-refractivity contribution in [1.82, 2.24) is 24.5 Å². The van der Waals surface area contributed by atoms with Crippen LogP contribution in [0.3, 0.4) is 0 Å². The molecule has 1 amide bonds. The van der Waals surface area contributed by atoms with E-state index in [2.05, 4.69) is 45.6 Å². The summed E-state index contributed by atoms with van der Waals surface area (Å²) in [5, 5.41) is 4.20. The van der Waals surface area contributed by atoms with Crippen LogP contribution in [0.25, 0.3) is 5.78 Å². The smallest absolute Gasteiger partial charge is 0.252 e. The van der Waals surface area contributed by atoms with Gasteiger partial charge in [-0.3, -0.25) is 4.79 Å². The molecule has 0 bridgehead atoms. The molecule has 0 aliphatic carbocycles. The Morgan fingerprint density at radius 1 is 1.23 bits per heavy atom. The van der Waals surface area contributed by atoms with Crippen molar-refractivity contribution >= 4 is 23.4 Å². The van der Waals surface area contributed by atoms with Crippen LogP contribution in [0.1, 0.15) is 28.9 Å². The molecule has 1 aromatic carbocycles. The molecule has 0 fully saturated rings. The molecule has 136 valence electrons. The summed E-state index contributed by atoms with van der Waals surface area (Å²) in [6.07, 6.45) is 4.65. The van der Waals surface area contributed by atoms with Gasteiger partial charge in [0.25, 0.3) is 5.78 Å². The van der Waals surface area contributed by atoms with E-state index in [0.29, 0.717) is 25.2 Å². The number of carbonyl (C=O) groups is 1. The molecule has 3 rings (SSSR count). The minimum atomic E-state index is 0.122. The van der Waals surface area contributed by atoms with Gasteiger partial charge in [-0.05, 0) is 49.8 Å². The summed E-state index contributed by atoms with van der Waals surface area (Å²) >= 11 is 1.71. The highest BCUT2D eigenvalue weighted by Gasteiger charge is 2.14. The van der Waals surface area contributed by atoms with Crippen molar-refractivity contribution in [2.75, 3.05) is 13.3 Å². The van der Waals surface area contributed by atoms with Crippen molar-refractivity contribution in [3.63, 3.8) is 0 Å². The van der Waals surface area contributed by atoms with Crippen LogP contribution >= 0.6 is 11.8 Å². The number of amides is 1. The number of thioether (sulfide) groups is 1. The number of nitrogens with zero attached hydrogens (tertiary/aromatic N) is 5. The molecule has 0 unspecified atom stereocenters. The van der Waals surface area contributed by atoms with Gasteiger partial charge in [-0.15, -0.1) is 11.8 Å². The first-order chi connectivity index (χ1) is 12.5. The summed E-state index contributed by atoms with van der Waals surface area (Å²) in [6, 6.07) is 8.33. The number of aromatic nitrogens is 4. The van der Waals surface area contributed by atoms with Crippen LogP contribution in [-0.4, -0.2) is 43.7 Å². The van der Waals surface area contributed by atoms with Gasteiger partial charge in [-0.1, -0.05) is 12.1 Å². The Labute approximate surface area is 157 Å². The molecule has 0 aliphatic heterocycles. The average Bonchev–Trinajstić information content (AvgIpc) is 3.10. The molecule has 0 radical (unpaired) electrons. The number of fused-ring (bicyclic) bond motifs is 1. The fraction of sp³-hybridized carbons (Fsp3) is 0.368. The van der Waals surface area contributed by atoms with Gasteiger partial charge in [0, 0.05) is 36.3 Å². The number of rotatable bonds is 6. The molecule has 7 heteroatoms. The lowest BCUT2D eigenvalue weighted by atomic mass is 10.1. The van der Waals surface area contributed by atoms with Crippen LogP contribution < -0.4 is 0 Å². The van der Waals surface area contributed by atoms with Crippen molar-refractivity contribution in [3.05, 3.63) is 53.1 Å². The van der Waals surface area contributed by atoms with Crippen LogP contribution in [0.5, 0.6) is 0 Å². The zero-order chi connectivity index (χ0) is 18.7. The third kappa shape index (κ3) is 3.88. The van der Waals surface area contributed by atoms with Gasteiger partial charge < -0.3 is 4.90 Å². The first-order valence-corrected chi connectivity index (χ1v) is 9.74. The van der Waals surface area contributed by atoms with Gasteiger partial charge in [-0.25, -0.2) is 9.50 Å². The Morgan fingerprint density at radius 3 is 2.65 bits per heavy atom. The predicted octanol–water partition coefficient (Wildman–Crippen LogP) is 3.05. The Morgan fingerprint density at radius 2 is 1.96 bits per heavy atom. The molecule has 0 saturated heterocycles. The van der Waals surface area contributed by atoms with E-state index < -0.39 is 0 Å². The van der Waals surface area contributed by atoms with Crippen molar-refractivity contribution in [2.45, 2.75) is 38.1 Å². The topological polar surface area (TPSA) is 63.4 Å². The van der Waals surface area contributed by atoms with Crippen molar-refractivity contribution in [2.24, 2.45) is 0 Å². The maximum Gasteiger partial charge on any atom is 0.252 e. The van der Waals surface area contributed by atoms with E-state index in [0.717, 1.165) is 22.5 Å². The first-order valence-electron chi connectivity index (χ1n) is 8.52. The second-order valence-electron chi connectivity index (χ2n) is 6.33. The second kappa shape index (κ2) is 7.86. The fourth-order valence-electron chi connectivity index (χ4n) is 3.03. The summed E-state index contributed by atoms with van der Waals surface area (Å²) in [5.41, 5.74) is 4.10. The van der Waals surface area contributed by atoms with Gasteiger partial charge in [0.05, 0.1) is 0 Å². The number of hydrogen-bond donors (Lipinski definition) is 0. The highest BCUT2D eigenvalue weighted by Crippen LogP contribution is 2.17. The molecular formula is C19H23N5OS. The van der Waals surface area contributed by atoms with E-state index in [1.165, 1.54) is 11.2 Å². The van der Waals surface area contributed by atoms with E-state index in [4.69, 9.17) is 0 Å². The molecule has 0 atom stereocenters. The molecule has 0 aliphatic rings. The summed E-state index contributed by atoms with van der Waals surface area (Å²) < 4.78 is 1.73. The van der Waals surface area contributed by atoms with Crippen molar-refractivity contribution in [1.29, 1.82) is 0 Å². The molecular weight excluding hydrogens is 346 g/mol. The Bertz CT molecular complexity index is 920. The zero-order valence-electron chi connectivity index (χ0n) is 15.6. The fourth-order valence-corrected chi connectivity index (χ4v) is 3.44. The molecule has 26 heavy (non-hydrogen) atoms. The largest absolute Gasteiger partial charge is 0.341 e. The van der Waals surface area contributed by atoms with Gasteiger partial charge in [0.2, 0.25) is 5.91 Å². The molecule has 2 heterocycles. The number of benzene rings is 1. The molecule has 0 spiro atoms. The standard InChI is InChI=1S/C19H23N5OS/c1-13-17(14(2)24-19(22-13)20-12-21-24)9-10-18(25)23(3)11-15-5-7-16(26-4)8-6-15/h5-8,12H,9-11H2,1-4H3. The van der Waals surface area contributed by atoms with Gasteiger partial charge >= 0.3 is 0 Å². The van der Waals surface area contributed by atoms with E-state index in [1.54, 1.807) is 21.2 Å². The third-order valence-corrected chi connectivity index (χ3v) is 5.33. The monoisotopic (exact) mass is 369 g/mol. The molecule has 0 N–H and O–H groups in total. The van der Waals surface area contributed by atoms with E-state index in [9.17, 15) is 4.79 Å². The zero-order valence-corrected chi connectivity index (χ0v) is 16.4. The summed E-state index contributed by atoms with van der Waals surface area (Å²) in [7, 11) is 1.85. The Kier molecular flexibility index (Phi) is 5.56. The Hall–Kier alpha value is -2.41. The normalized spacial score (nSPS) is 11.1. The lowest BCUT2D eigenvalue weighted by Gasteiger charge is -2.18. The molecule has 2 aromatic heterocycles. The number of hydrogen-bond acceptors (Lipinski definition) is 5. The third-order valence-electron chi connectivity index (χ3n) is 4.58. The minimum absolute atomic E-state index is 0.122. The van der Waals surface area contributed by atoms with E-state index in [1.807, 2.05) is 20.9 Å². The molecule has 6 nitrogen and oxygen atoms in total. The van der Waals surface area contributed by atoms with Gasteiger partial charge in [0.15, 0.2) is 0 Å². The van der Waals surface area contributed by atoms with E-state index >= 15 is 0 Å². The lowest BCUT2D eigenvalue weighted by molar-refractivity contribution is -0.130. The summed E-state index contributed by atoms with van der Waals surface area (Å²) in [6.45, 7) is 4.57. The second-order valence-corrected chi connectivity index (χ2v) is 7.21.